The van der Waals surface area contributed by atoms with Crippen molar-refractivity contribution >= 4 is 18.0 Å². The molecule has 0 spiro atoms. The predicted molar refractivity (Wildman–Crippen MR) is 64.1 cm³/mol. The number of carbonyl (C=O) groups is 3. The number of hydrogen-bond acceptors (Lipinski definition) is 4. The van der Waals surface area contributed by atoms with Gasteiger partial charge in [-0.1, -0.05) is 6.92 Å². The number of carboxylic acids is 1. The molecule has 0 saturated carbocycles. The van der Waals surface area contributed by atoms with Crippen LogP contribution in [-0.4, -0.2) is 42.3 Å². The van der Waals surface area contributed by atoms with Crippen LogP contribution in [0, 0.1) is 0 Å². The fourth-order valence-electron chi connectivity index (χ4n) is 1.22. The molecule has 7 nitrogen and oxygen atoms in total. The number of rotatable bonds is 8. The van der Waals surface area contributed by atoms with Crippen LogP contribution in [-0.2, 0) is 14.3 Å². The zero-order valence-corrected chi connectivity index (χ0v) is 10.7. The molecule has 0 heterocycles. The van der Waals surface area contributed by atoms with E-state index in [1.807, 2.05) is 0 Å². The molecular formula is C11H20N2O5. The summed E-state index contributed by atoms with van der Waals surface area (Å²) >= 11 is 0. The third kappa shape index (κ3) is 7.48. The highest BCUT2D eigenvalue weighted by Gasteiger charge is 2.16. The van der Waals surface area contributed by atoms with Crippen LogP contribution >= 0.6 is 0 Å². The highest BCUT2D eigenvalue weighted by Crippen LogP contribution is 1.93. The predicted octanol–water partition coefficient (Wildman–Crippen LogP) is 0.492. The van der Waals surface area contributed by atoms with Crippen LogP contribution in [0.5, 0.6) is 0 Å². The largest absolute Gasteiger partial charge is 0.480 e. The zero-order chi connectivity index (χ0) is 14.0. The maximum atomic E-state index is 11.3. The second kappa shape index (κ2) is 9.26. The minimum absolute atomic E-state index is 0.226. The Morgan fingerprint density at radius 1 is 1.28 bits per heavy atom. The molecule has 18 heavy (non-hydrogen) atoms. The van der Waals surface area contributed by atoms with Crippen LogP contribution in [0.2, 0.25) is 0 Å². The summed E-state index contributed by atoms with van der Waals surface area (Å²) in [6.07, 6.45) is 0.992. The average molecular weight is 260 g/mol. The number of amides is 2. The van der Waals surface area contributed by atoms with E-state index in [0.717, 1.165) is 0 Å². The monoisotopic (exact) mass is 260 g/mol. The topological polar surface area (TPSA) is 105 Å². The Morgan fingerprint density at radius 3 is 2.44 bits per heavy atom. The van der Waals surface area contributed by atoms with E-state index < -0.39 is 18.0 Å². The van der Waals surface area contributed by atoms with Crippen molar-refractivity contribution in [3.8, 4) is 0 Å². The van der Waals surface area contributed by atoms with E-state index in [4.69, 9.17) is 9.84 Å². The van der Waals surface area contributed by atoms with Gasteiger partial charge >= 0.3 is 18.0 Å². The molecule has 1 atom stereocenters. The van der Waals surface area contributed by atoms with Crippen LogP contribution in [0.4, 0.5) is 4.79 Å². The van der Waals surface area contributed by atoms with Crippen molar-refractivity contribution in [2.75, 3.05) is 13.2 Å². The maximum Gasteiger partial charge on any atom is 0.326 e. The molecule has 0 aliphatic heterocycles. The number of aliphatic carboxylic acids is 1. The molecule has 0 aliphatic carbocycles. The first-order chi connectivity index (χ1) is 8.51. The van der Waals surface area contributed by atoms with E-state index in [2.05, 4.69) is 10.6 Å². The normalized spacial score (nSPS) is 11.4. The second-order valence-corrected chi connectivity index (χ2v) is 3.61. The van der Waals surface area contributed by atoms with Crippen LogP contribution in [0.1, 0.15) is 33.1 Å². The molecule has 0 radical (unpaired) electrons. The highest BCUT2D eigenvalue weighted by molar-refractivity contribution is 5.82. The molecule has 1 unspecified atom stereocenters. The number of nitrogens with one attached hydrogen (secondary N) is 2. The number of hydrogen-bond donors (Lipinski definition) is 3. The molecule has 0 bridgehead atoms. The molecule has 0 aliphatic rings. The van der Waals surface area contributed by atoms with Gasteiger partial charge in [0.2, 0.25) is 0 Å². The Balaban J connectivity index is 3.71. The van der Waals surface area contributed by atoms with E-state index in [0.29, 0.717) is 26.0 Å². The van der Waals surface area contributed by atoms with E-state index in [1.54, 1.807) is 13.8 Å². The summed E-state index contributed by atoms with van der Waals surface area (Å²) < 4.78 is 4.72. The number of esters is 1. The van der Waals surface area contributed by atoms with E-state index in [9.17, 15) is 14.4 Å². The van der Waals surface area contributed by atoms with Gasteiger partial charge in [0.15, 0.2) is 0 Å². The Morgan fingerprint density at radius 2 is 1.94 bits per heavy atom. The van der Waals surface area contributed by atoms with Gasteiger partial charge in [0.25, 0.3) is 0 Å². The van der Waals surface area contributed by atoms with Crippen LogP contribution in [0.3, 0.4) is 0 Å². The first-order valence-corrected chi connectivity index (χ1v) is 5.94. The van der Waals surface area contributed by atoms with Gasteiger partial charge in [-0.05, 0) is 19.8 Å². The van der Waals surface area contributed by atoms with Gasteiger partial charge in [0.05, 0.1) is 6.61 Å². The number of carboxylic acid groups (broad SMARTS) is 1. The molecule has 0 rings (SSSR count). The van der Waals surface area contributed by atoms with Gasteiger partial charge in [-0.15, -0.1) is 0 Å². The van der Waals surface area contributed by atoms with Crippen molar-refractivity contribution in [1.82, 2.24) is 10.6 Å². The summed E-state index contributed by atoms with van der Waals surface area (Å²) in [4.78, 5) is 32.9. The van der Waals surface area contributed by atoms with Gasteiger partial charge in [-0.2, -0.15) is 0 Å². The Kier molecular flexibility index (Phi) is 8.34. The van der Waals surface area contributed by atoms with Crippen molar-refractivity contribution < 1.29 is 24.2 Å². The standard InChI is InChI=1S/C11H20N2O5/c1-3-8(10(15)16)13-11(17)12-7-5-6-9(14)18-4-2/h8H,3-7H2,1-2H3,(H,15,16)(H2,12,13,17). The smallest absolute Gasteiger partial charge is 0.326 e. The molecule has 2 amide bonds. The third-order valence-electron chi connectivity index (χ3n) is 2.16. The molecule has 0 aromatic heterocycles. The molecule has 104 valence electrons. The molecule has 0 aromatic carbocycles. The van der Waals surface area contributed by atoms with Crippen molar-refractivity contribution in [2.24, 2.45) is 0 Å². The lowest BCUT2D eigenvalue weighted by Crippen LogP contribution is -2.45. The summed E-state index contributed by atoms with van der Waals surface area (Å²) in [5.41, 5.74) is 0. The van der Waals surface area contributed by atoms with Gasteiger partial charge in [-0.25, -0.2) is 9.59 Å². The van der Waals surface area contributed by atoms with Gasteiger partial charge in [-0.3, -0.25) is 4.79 Å². The minimum atomic E-state index is -1.07. The highest BCUT2D eigenvalue weighted by atomic mass is 16.5. The Hall–Kier alpha value is -1.79. The molecule has 0 aromatic rings. The maximum absolute atomic E-state index is 11.3. The van der Waals surface area contributed by atoms with Crippen LogP contribution in [0.15, 0.2) is 0 Å². The lowest BCUT2D eigenvalue weighted by molar-refractivity contribution is -0.143. The van der Waals surface area contributed by atoms with E-state index in [1.165, 1.54) is 0 Å². The van der Waals surface area contributed by atoms with Crippen LogP contribution in [0.25, 0.3) is 0 Å². The Bertz CT molecular complexity index is 293. The fraction of sp³-hybridized carbons (Fsp3) is 0.727. The molecule has 0 fully saturated rings. The quantitative estimate of drug-likeness (QED) is 0.435. The first kappa shape index (κ1) is 16.2. The number of ether oxygens (including phenoxy) is 1. The van der Waals surface area contributed by atoms with E-state index in [-0.39, 0.29) is 12.4 Å². The summed E-state index contributed by atoms with van der Waals surface area (Å²) in [5, 5.41) is 13.5. The van der Waals surface area contributed by atoms with Gasteiger partial charge in [0.1, 0.15) is 6.04 Å². The summed E-state index contributed by atoms with van der Waals surface area (Å²) in [7, 11) is 0. The molecule has 7 heteroatoms. The Labute approximate surface area is 106 Å². The lowest BCUT2D eigenvalue weighted by atomic mass is 10.2. The zero-order valence-electron chi connectivity index (χ0n) is 10.7. The SMILES string of the molecule is CCOC(=O)CCCNC(=O)NC(CC)C(=O)O. The first-order valence-electron chi connectivity index (χ1n) is 5.94. The molecule has 0 saturated heterocycles. The summed E-state index contributed by atoms with van der Waals surface area (Å²) in [5.74, 6) is -1.38. The summed E-state index contributed by atoms with van der Waals surface area (Å²) in [6, 6.07) is -1.44. The second-order valence-electron chi connectivity index (χ2n) is 3.61. The van der Waals surface area contributed by atoms with Gasteiger partial charge in [0, 0.05) is 13.0 Å². The van der Waals surface area contributed by atoms with Crippen molar-refractivity contribution in [2.45, 2.75) is 39.2 Å². The van der Waals surface area contributed by atoms with Crippen molar-refractivity contribution in [1.29, 1.82) is 0 Å². The fourth-order valence-corrected chi connectivity index (χ4v) is 1.22. The minimum Gasteiger partial charge on any atom is -0.480 e. The average Bonchev–Trinajstić information content (AvgIpc) is 2.31. The third-order valence-corrected chi connectivity index (χ3v) is 2.16. The number of carbonyl (C=O) groups excluding carboxylic acids is 2. The van der Waals surface area contributed by atoms with E-state index >= 15 is 0 Å². The summed E-state index contributed by atoms with van der Waals surface area (Å²) in [6.45, 7) is 4.02. The molecular weight excluding hydrogens is 240 g/mol. The van der Waals surface area contributed by atoms with Crippen molar-refractivity contribution in [3.63, 3.8) is 0 Å². The molecule has 3 N–H and O–H groups in total. The number of urea groups is 1. The lowest BCUT2D eigenvalue weighted by Gasteiger charge is -2.12. The van der Waals surface area contributed by atoms with Crippen molar-refractivity contribution in [3.05, 3.63) is 0 Å². The van der Waals surface area contributed by atoms with Crippen LogP contribution < -0.4 is 10.6 Å². The van der Waals surface area contributed by atoms with Gasteiger partial charge < -0.3 is 20.5 Å².